The molecule has 1 N–H and O–H groups in total. The van der Waals surface area contributed by atoms with E-state index in [2.05, 4.69) is 4.90 Å². The molecule has 1 aromatic rings. The van der Waals surface area contributed by atoms with Crippen molar-refractivity contribution in [2.24, 2.45) is 0 Å². The van der Waals surface area contributed by atoms with E-state index in [4.69, 9.17) is 0 Å². The van der Waals surface area contributed by atoms with Crippen molar-refractivity contribution in [3.63, 3.8) is 0 Å². The fourth-order valence-electron chi connectivity index (χ4n) is 2.53. The maximum atomic E-state index is 13.6. The van der Waals surface area contributed by atoms with Gasteiger partial charge >= 0.3 is 5.69 Å². The standard InChI is InChI=1S/C14H19FN2O3/c1-14(18)5-2-7-16(8-6-14)10-11-3-4-13(17(19)20)12(15)9-11/h3-4,9,18H,2,5-8,10H2,1H3. The number of hydrogen-bond acceptors (Lipinski definition) is 4. The van der Waals surface area contributed by atoms with Gasteiger partial charge in [0.05, 0.1) is 10.5 Å². The van der Waals surface area contributed by atoms with E-state index in [1.54, 1.807) is 6.07 Å². The predicted molar refractivity (Wildman–Crippen MR) is 72.8 cm³/mol. The minimum absolute atomic E-state index is 0.493. The molecule has 110 valence electrons. The number of likely N-dealkylation sites (tertiary alicyclic amines) is 1. The van der Waals surface area contributed by atoms with Gasteiger partial charge < -0.3 is 5.11 Å². The summed E-state index contributed by atoms with van der Waals surface area (Å²) in [5.74, 6) is -0.797. The van der Waals surface area contributed by atoms with Crippen molar-refractivity contribution in [2.45, 2.75) is 38.3 Å². The van der Waals surface area contributed by atoms with E-state index >= 15 is 0 Å². The fraction of sp³-hybridized carbons (Fsp3) is 0.571. The van der Waals surface area contributed by atoms with E-state index in [0.29, 0.717) is 13.0 Å². The maximum absolute atomic E-state index is 13.6. The number of nitro groups is 1. The molecule has 1 unspecified atom stereocenters. The number of nitro benzene ring substituents is 1. The summed E-state index contributed by atoms with van der Waals surface area (Å²) in [4.78, 5) is 12.0. The maximum Gasteiger partial charge on any atom is 0.304 e. The van der Waals surface area contributed by atoms with E-state index in [9.17, 15) is 19.6 Å². The first-order valence-corrected chi connectivity index (χ1v) is 6.75. The number of aliphatic hydroxyl groups is 1. The summed E-state index contributed by atoms with van der Waals surface area (Å²) < 4.78 is 13.6. The van der Waals surface area contributed by atoms with Gasteiger partial charge in [0.2, 0.25) is 5.82 Å². The van der Waals surface area contributed by atoms with Gasteiger partial charge in [0, 0.05) is 19.2 Å². The third-order valence-corrected chi connectivity index (χ3v) is 3.77. The van der Waals surface area contributed by atoms with Crippen LogP contribution in [0.5, 0.6) is 0 Å². The van der Waals surface area contributed by atoms with Crippen LogP contribution in [0.4, 0.5) is 10.1 Å². The smallest absolute Gasteiger partial charge is 0.304 e. The summed E-state index contributed by atoms with van der Waals surface area (Å²) in [6.07, 6.45) is 2.34. The molecule has 1 fully saturated rings. The Morgan fingerprint density at radius 3 is 2.85 bits per heavy atom. The average Bonchev–Trinajstić information content (AvgIpc) is 2.51. The molecular formula is C14H19FN2O3. The molecule has 5 nitrogen and oxygen atoms in total. The highest BCUT2D eigenvalue weighted by Gasteiger charge is 2.25. The summed E-state index contributed by atoms with van der Waals surface area (Å²) >= 11 is 0. The molecule has 1 aliphatic heterocycles. The largest absolute Gasteiger partial charge is 0.390 e. The molecule has 1 atom stereocenters. The van der Waals surface area contributed by atoms with Crippen LogP contribution < -0.4 is 0 Å². The van der Waals surface area contributed by atoms with Crippen LogP contribution in [-0.4, -0.2) is 33.6 Å². The molecule has 1 saturated heterocycles. The van der Waals surface area contributed by atoms with Crippen LogP contribution in [0.1, 0.15) is 31.7 Å². The molecule has 20 heavy (non-hydrogen) atoms. The van der Waals surface area contributed by atoms with E-state index < -0.39 is 22.0 Å². The number of hydrogen-bond donors (Lipinski definition) is 1. The number of halogens is 1. The molecule has 0 bridgehead atoms. The second-order valence-corrected chi connectivity index (χ2v) is 5.67. The molecule has 0 amide bonds. The van der Waals surface area contributed by atoms with Crippen molar-refractivity contribution < 1.29 is 14.4 Å². The van der Waals surface area contributed by atoms with Crippen LogP contribution in [-0.2, 0) is 6.54 Å². The lowest BCUT2D eigenvalue weighted by Crippen LogP contribution is -2.28. The quantitative estimate of drug-likeness (QED) is 0.683. The first-order chi connectivity index (χ1) is 9.37. The molecule has 2 rings (SSSR count). The minimum Gasteiger partial charge on any atom is -0.390 e. The highest BCUT2D eigenvalue weighted by molar-refractivity contribution is 5.34. The third kappa shape index (κ3) is 3.74. The van der Waals surface area contributed by atoms with Gasteiger partial charge in [-0.3, -0.25) is 15.0 Å². The zero-order valence-electron chi connectivity index (χ0n) is 11.5. The van der Waals surface area contributed by atoms with Crippen molar-refractivity contribution in [3.8, 4) is 0 Å². The van der Waals surface area contributed by atoms with Crippen molar-refractivity contribution in [1.29, 1.82) is 0 Å². The monoisotopic (exact) mass is 282 g/mol. The van der Waals surface area contributed by atoms with Crippen molar-refractivity contribution in [2.75, 3.05) is 13.1 Å². The molecular weight excluding hydrogens is 263 g/mol. The lowest BCUT2D eigenvalue weighted by atomic mass is 9.98. The molecule has 0 radical (unpaired) electrons. The lowest BCUT2D eigenvalue weighted by molar-refractivity contribution is -0.387. The van der Waals surface area contributed by atoms with Crippen molar-refractivity contribution in [3.05, 3.63) is 39.7 Å². The van der Waals surface area contributed by atoms with Gasteiger partial charge in [0.15, 0.2) is 0 Å². The summed E-state index contributed by atoms with van der Waals surface area (Å²) in [6.45, 7) is 3.97. The average molecular weight is 282 g/mol. The first kappa shape index (κ1) is 14.9. The molecule has 1 aliphatic rings. The zero-order valence-corrected chi connectivity index (χ0v) is 11.5. The van der Waals surface area contributed by atoms with Crippen LogP contribution in [0, 0.1) is 15.9 Å². The summed E-state index contributed by atoms with van der Waals surface area (Å²) in [7, 11) is 0. The van der Waals surface area contributed by atoms with E-state index in [-0.39, 0.29) is 0 Å². The van der Waals surface area contributed by atoms with E-state index in [0.717, 1.165) is 31.5 Å². The summed E-state index contributed by atoms with van der Waals surface area (Å²) in [5, 5.41) is 20.6. The van der Waals surface area contributed by atoms with Crippen LogP contribution in [0.15, 0.2) is 18.2 Å². The van der Waals surface area contributed by atoms with Crippen molar-refractivity contribution in [1.82, 2.24) is 4.90 Å². The SMILES string of the molecule is CC1(O)CCCN(Cc2ccc([N+](=O)[O-])c(F)c2)CC1. The predicted octanol–water partition coefficient (Wildman–Crippen LogP) is 2.47. The second kappa shape index (κ2) is 5.85. The Morgan fingerprint density at radius 1 is 1.45 bits per heavy atom. The van der Waals surface area contributed by atoms with Gasteiger partial charge in [-0.15, -0.1) is 0 Å². The van der Waals surface area contributed by atoms with Crippen LogP contribution in [0.25, 0.3) is 0 Å². The second-order valence-electron chi connectivity index (χ2n) is 5.67. The molecule has 6 heteroatoms. The molecule has 1 aromatic carbocycles. The van der Waals surface area contributed by atoms with Gasteiger partial charge in [-0.1, -0.05) is 6.07 Å². The summed E-state index contributed by atoms with van der Waals surface area (Å²) in [5.41, 5.74) is -0.405. The van der Waals surface area contributed by atoms with Gasteiger partial charge in [0.1, 0.15) is 0 Å². The lowest BCUT2D eigenvalue weighted by Gasteiger charge is -2.22. The van der Waals surface area contributed by atoms with Gasteiger partial charge in [0.25, 0.3) is 0 Å². The number of benzene rings is 1. The minimum atomic E-state index is -0.797. The number of nitrogens with zero attached hydrogens (tertiary/aromatic N) is 2. The topological polar surface area (TPSA) is 66.6 Å². The highest BCUT2D eigenvalue weighted by Crippen LogP contribution is 2.23. The Bertz CT molecular complexity index is 505. The Labute approximate surface area is 117 Å². The normalized spacial score (nSPS) is 24.4. The Balaban J connectivity index is 2.03. The molecule has 1 heterocycles. The first-order valence-electron chi connectivity index (χ1n) is 6.75. The summed E-state index contributed by atoms with van der Waals surface area (Å²) in [6, 6.07) is 4.02. The van der Waals surface area contributed by atoms with Gasteiger partial charge in [-0.25, -0.2) is 0 Å². The van der Waals surface area contributed by atoms with Crippen molar-refractivity contribution >= 4 is 5.69 Å². The number of rotatable bonds is 3. The van der Waals surface area contributed by atoms with Crippen LogP contribution >= 0.6 is 0 Å². The fourth-order valence-corrected chi connectivity index (χ4v) is 2.53. The zero-order chi connectivity index (χ0) is 14.8. The third-order valence-electron chi connectivity index (χ3n) is 3.77. The highest BCUT2D eigenvalue weighted by atomic mass is 19.1. The Morgan fingerprint density at radius 2 is 2.20 bits per heavy atom. The Hall–Kier alpha value is -1.53. The van der Waals surface area contributed by atoms with Gasteiger partial charge in [-0.2, -0.15) is 4.39 Å². The van der Waals surface area contributed by atoms with E-state index in [1.807, 2.05) is 6.92 Å². The Kier molecular flexibility index (Phi) is 4.35. The molecule has 0 aliphatic carbocycles. The molecule has 0 saturated carbocycles. The molecule has 0 spiro atoms. The molecule has 0 aromatic heterocycles. The van der Waals surface area contributed by atoms with E-state index in [1.165, 1.54) is 12.1 Å². The van der Waals surface area contributed by atoms with Gasteiger partial charge in [-0.05, 0) is 44.4 Å². The van der Waals surface area contributed by atoms with Crippen LogP contribution in [0.3, 0.4) is 0 Å². The van der Waals surface area contributed by atoms with Crippen LogP contribution in [0.2, 0.25) is 0 Å².